The molecule has 26 heavy (non-hydrogen) atoms. The number of anilines is 1. The number of hydrogen-bond acceptors (Lipinski definition) is 8. The van der Waals surface area contributed by atoms with Crippen LogP contribution in [0.1, 0.15) is 12.6 Å². The van der Waals surface area contributed by atoms with Crippen LogP contribution in [-0.2, 0) is 9.47 Å². The van der Waals surface area contributed by atoms with E-state index in [2.05, 4.69) is 26.2 Å². The van der Waals surface area contributed by atoms with Gasteiger partial charge in [-0.15, -0.1) is 6.42 Å². The smallest absolute Gasteiger partial charge is 0.167 e. The number of rotatable bonds is 3. The van der Waals surface area contributed by atoms with Crippen molar-refractivity contribution in [1.82, 2.24) is 19.5 Å². The third kappa shape index (κ3) is 2.89. The van der Waals surface area contributed by atoms with Crippen LogP contribution >= 0.6 is 0 Å². The predicted molar refractivity (Wildman–Crippen MR) is 87.8 cm³/mol. The monoisotopic (exact) mass is 363 g/mol. The van der Waals surface area contributed by atoms with E-state index >= 15 is 0 Å². The summed E-state index contributed by atoms with van der Waals surface area (Å²) in [5, 5.41) is 23.3. The SMILES string of the molecule is C#CC1OC(n2cnc3c(NC4COCC(F)C4)ncnc32)C(O)C1O. The van der Waals surface area contributed by atoms with Crippen molar-refractivity contribution >= 4 is 17.0 Å². The van der Waals surface area contributed by atoms with Gasteiger partial charge in [-0.3, -0.25) is 4.57 Å². The minimum Gasteiger partial charge on any atom is -0.386 e. The Morgan fingerprint density at radius 3 is 2.85 bits per heavy atom. The van der Waals surface area contributed by atoms with Gasteiger partial charge in [0.15, 0.2) is 23.2 Å². The van der Waals surface area contributed by atoms with Crippen molar-refractivity contribution < 1.29 is 24.1 Å². The molecule has 4 rings (SSSR count). The maximum Gasteiger partial charge on any atom is 0.167 e. The molecule has 138 valence electrons. The molecule has 6 atom stereocenters. The summed E-state index contributed by atoms with van der Waals surface area (Å²) in [6, 6.07) is -0.233. The van der Waals surface area contributed by atoms with Crippen LogP contribution in [0.2, 0.25) is 0 Å². The first-order valence-corrected chi connectivity index (χ1v) is 8.22. The van der Waals surface area contributed by atoms with Gasteiger partial charge in [-0.1, -0.05) is 5.92 Å². The van der Waals surface area contributed by atoms with E-state index in [4.69, 9.17) is 15.9 Å². The van der Waals surface area contributed by atoms with Crippen LogP contribution in [0, 0.1) is 12.3 Å². The van der Waals surface area contributed by atoms with Crippen LogP contribution in [0.4, 0.5) is 10.2 Å². The Bertz CT molecular complexity index is 840. The summed E-state index contributed by atoms with van der Waals surface area (Å²) in [5.74, 6) is 2.72. The Balaban J connectivity index is 1.62. The van der Waals surface area contributed by atoms with Crippen molar-refractivity contribution in [3.8, 4) is 12.3 Å². The lowest BCUT2D eigenvalue weighted by Crippen LogP contribution is -2.36. The fourth-order valence-corrected chi connectivity index (χ4v) is 3.25. The summed E-state index contributed by atoms with van der Waals surface area (Å²) in [7, 11) is 0. The first kappa shape index (κ1) is 17.1. The van der Waals surface area contributed by atoms with E-state index in [0.717, 1.165) is 0 Å². The van der Waals surface area contributed by atoms with Gasteiger partial charge in [0.05, 0.1) is 25.6 Å². The van der Waals surface area contributed by atoms with E-state index in [1.807, 2.05) is 0 Å². The highest BCUT2D eigenvalue weighted by Gasteiger charge is 2.43. The molecule has 0 aromatic carbocycles. The molecule has 4 heterocycles. The lowest BCUT2D eigenvalue weighted by Gasteiger charge is -2.26. The van der Waals surface area contributed by atoms with Crippen molar-refractivity contribution in [1.29, 1.82) is 0 Å². The Morgan fingerprint density at radius 1 is 1.27 bits per heavy atom. The van der Waals surface area contributed by atoms with Crippen LogP contribution in [0.15, 0.2) is 12.7 Å². The van der Waals surface area contributed by atoms with Crippen LogP contribution in [-0.4, -0.2) is 73.5 Å². The molecule has 2 aliphatic heterocycles. The molecule has 2 aromatic heterocycles. The number of aromatic nitrogens is 4. The van der Waals surface area contributed by atoms with Crippen LogP contribution < -0.4 is 5.32 Å². The lowest BCUT2D eigenvalue weighted by atomic mass is 10.1. The van der Waals surface area contributed by atoms with Crippen molar-refractivity contribution in [3.05, 3.63) is 12.7 Å². The van der Waals surface area contributed by atoms with Crippen molar-refractivity contribution in [2.75, 3.05) is 18.5 Å². The molecule has 2 fully saturated rings. The molecular formula is C16H18FN5O4. The highest BCUT2D eigenvalue weighted by Crippen LogP contribution is 2.32. The summed E-state index contributed by atoms with van der Waals surface area (Å²) >= 11 is 0. The average molecular weight is 363 g/mol. The number of ether oxygens (including phenoxy) is 2. The first-order valence-electron chi connectivity index (χ1n) is 8.22. The van der Waals surface area contributed by atoms with Crippen molar-refractivity contribution in [2.45, 2.75) is 43.2 Å². The zero-order valence-electron chi connectivity index (χ0n) is 13.7. The number of aliphatic hydroxyl groups is 2. The number of halogens is 1. The molecule has 2 aliphatic rings. The average Bonchev–Trinajstić information content (AvgIpc) is 3.18. The molecule has 10 heteroatoms. The molecule has 9 nitrogen and oxygen atoms in total. The summed E-state index contributed by atoms with van der Waals surface area (Å²) < 4.78 is 25.7. The maximum absolute atomic E-state index is 13.5. The molecule has 2 saturated heterocycles. The summed E-state index contributed by atoms with van der Waals surface area (Å²) in [5.41, 5.74) is 0.827. The highest BCUT2D eigenvalue weighted by molar-refractivity contribution is 5.82. The third-order valence-corrected chi connectivity index (χ3v) is 4.53. The van der Waals surface area contributed by atoms with E-state index < -0.39 is 30.7 Å². The van der Waals surface area contributed by atoms with Crippen LogP contribution in [0.5, 0.6) is 0 Å². The topological polar surface area (TPSA) is 115 Å². The standard InChI is InChI=1S/C16H18FN5O4/c1-2-10-12(23)13(24)16(26-10)22-7-20-11-14(18-6-19-15(11)22)21-9-3-8(17)4-25-5-9/h1,6-10,12-13,16,23-24H,3-5H2,(H,18,19,21). The maximum atomic E-state index is 13.5. The number of hydrogen-bond donors (Lipinski definition) is 3. The fourth-order valence-electron chi connectivity index (χ4n) is 3.25. The molecule has 0 radical (unpaired) electrons. The third-order valence-electron chi connectivity index (χ3n) is 4.53. The molecule has 6 unspecified atom stereocenters. The second-order valence-electron chi connectivity index (χ2n) is 6.35. The van der Waals surface area contributed by atoms with E-state index in [-0.39, 0.29) is 12.6 Å². The predicted octanol–water partition coefficient (Wildman–Crippen LogP) is -0.382. The molecule has 0 bridgehead atoms. The summed E-state index contributed by atoms with van der Waals surface area (Å²) in [6.07, 6.45) is 3.07. The van der Waals surface area contributed by atoms with Gasteiger partial charge in [0.2, 0.25) is 0 Å². The van der Waals surface area contributed by atoms with Crippen molar-refractivity contribution in [3.63, 3.8) is 0 Å². The zero-order chi connectivity index (χ0) is 18.3. The number of nitrogens with zero attached hydrogens (tertiary/aromatic N) is 4. The van der Waals surface area contributed by atoms with Crippen LogP contribution in [0.3, 0.4) is 0 Å². The molecule has 0 spiro atoms. The number of terminal acetylenes is 1. The van der Waals surface area contributed by atoms with Gasteiger partial charge in [0, 0.05) is 6.42 Å². The second-order valence-corrected chi connectivity index (χ2v) is 6.35. The number of fused-ring (bicyclic) bond motifs is 1. The normalized spacial score (nSPS) is 34.7. The van der Waals surface area contributed by atoms with Gasteiger partial charge in [0.1, 0.15) is 30.8 Å². The molecule has 2 aromatic rings. The minimum absolute atomic E-state index is 0.0988. The quantitative estimate of drug-likeness (QED) is 0.632. The largest absolute Gasteiger partial charge is 0.386 e. The van der Waals surface area contributed by atoms with Crippen molar-refractivity contribution in [2.24, 2.45) is 0 Å². The fraction of sp³-hybridized carbons (Fsp3) is 0.562. The van der Waals surface area contributed by atoms with Crippen LogP contribution in [0.25, 0.3) is 11.2 Å². The Labute approximate surface area is 148 Å². The Hall–Kier alpha value is -2.32. The van der Waals surface area contributed by atoms with E-state index in [0.29, 0.717) is 30.0 Å². The zero-order valence-corrected chi connectivity index (χ0v) is 13.7. The van der Waals surface area contributed by atoms with E-state index in [9.17, 15) is 14.6 Å². The number of aliphatic hydroxyl groups excluding tert-OH is 2. The second kappa shape index (κ2) is 6.77. The molecule has 0 aliphatic carbocycles. The molecule has 0 saturated carbocycles. The molecular weight excluding hydrogens is 345 g/mol. The number of imidazole rings is 1. The van der Waals surface area contributed by atoms with E-state index in [1.165, 1.54) is 17.2 Å². The van der Waals surface area contributed by atoms with Gasteiger partial charge in [0.25, 0.3) is 0 Å². The van der Waals surface area contributed by atoms with Gasteiger partial charge in [-0.05, 0) is 0 Å². The Kier molecular flexibility index (Phi) is 4.46. The molecule has 0 amide bonds. The van der Waals surface area contributed by atoms with Gasteiger partial charge in [-0.2, -0.15) is 0 Å². The first-order chi connectivity index (χ1) is 12.6. The summed E-state index contributed by atoms with van der Waals surface area (Å²) in [6.45, 7) is 0.467. The lowest BCUT2D eigenvalue weighted by molar-refractivity contribution is -0.0230. The van der Waals surface area contributed by atoms with Gasteiger partial charge in [-0.25, -0.2) is 19.3 Å². The number of nitrogens with one attached hydrogen (secondary N) is 1. The van der Waals surface area contributed by atoms with Gasteiger partial charge < -0.3 is 25.0 Å². The van der Waals surface area contributed by atoms with Gasteiger partial charge >= 0.3 is 0 Å². The minimum atomic E-state index is -1.22. The molecule has 3 N–H and O–H groups in total. The number of alkyl halides is 1. The van der Waals surface area contributed by atoms with E-state index in [1.54, 1.807) is 0 Å². The Morgan fingerprint density at radius 2 is 2.12 bits per heavy atom. The highest BCUT2D eigenvalue weighted by atomic mass is 19.1. The summed E-state index contributed by atoms with van der Waals surface area (Å²) in [4.78, 5) is 12.6.